The molecule has 0 aromatic carbocycles. The maximum Gasteiger partial charge on any atom is 0.317 e. The van der Waals surface area contributed by atoms with Crippen LogP contribution in [0.2, 0.25) is 0 Å². The summed E-state index contributed by atoms with van der Waals surface area (Å²) < 4.78 is 4.90. The Balaban J connectivity index is 2.34. The summed E-state index contributed by atoms with van der Waals surface area (Å²) in [5.74, 6) is 0.0444. The predicted molar refractivity (Wildman–Crippen MR) is 81.2 cm³/mol. The number of carbonyl (C=O) groups excluding carboxylic acids is 2. The Morgan fingerprint density at radius 1 is 1.14 bits per heavy atom. The number of piperazine rings is 1. The zero-order valence-corrected chi connectivity index (χ0v) is 13.5. The third-order valence-electron chi connectivity index (χ3n) is 3.54. The second-order valence-corrected chi connectivity index (χ2v) is 5.59. The van der Waals surface area contributed by atoms with Crippen LogP contribution in [0.1, 0.15) is 20.8 Å². The van der Waals surface area contributed by atoms with Crippen LogP contribution in [-0.2, 0) is 9.53 Å². The van der Waals surface area contributed by atoms with Crippen molar-refractivity contribution in [1.29, 1.82) is 0 Å². The van der Waals surface area contributed by atoms with E-state index in [0.29, 0.717) is 39.3 Å². The first-order chi connectivity index (χ1) is 9.95. The van der Waals surface area contributed by atoms with Crippen molar-refractivity contribution in [3.05, 3.63) is 0 Å². The fraction of sp³-hybridized carbons (Fsp3) is 0.857. The van der Waals surface area contributed by atoms with E-state index in [1.165, 1.54) is 0 Å². The minimum atomic E-state index is -0.161. The van der Waals surface area contributed by atoms with Crippen molar-refractivity contribution < 1.29 is 14.3 Å². The molecule has 0 radical (unpaired) electrons. The molecular weight excluding hydrogens is 272 g/mol. The van der Waals surface area contributed by atoms with Crippen molar-refractivity contribution in [3.63, 3.8) is 0 Å². The summed E-state index contributed by atoms with van der Waals surface area (Å²) in [6, 6.07) is -0.0788. The number of amides is 3. The maximum absolute atomic E-state index is 12.0. The summed E-state index contributed by atoms with van der Waals surface area (Å²) in [6.45, 7) is 9.54. The number of rotatable bonds is 6. The molecule has 1 heterocycles. The summed E-state index contributed by atoms with van der Waals surface area (Å²) in [4.78, 5) is 27.8. The molecule has 1 rings (SSSR count). The van der Waals surface area contributed by atoms with Crippen molar-refractivity contribution >= 4 is 11.9 Å². The highest BCUT2D eigenvalue weighted by Gasteiger charge is 2.27. The van der Waals surface area contributed by atoms with E-state index in [1.807, 2.05) is 20.8 Å². The van der Waals surface area contributed by atoms with Gasteiger partial charge >= 0.3 is 6.03 Å². The predicted octanol–water partition coefficient (Wildman–Crippen LogP) is -0.127. The van der Waals surface area contributed by atoms with Crippen molar-refractivity contribution in [1.82, 2.24) is 20.4 Å². The van der Waals surface area contributed by atoms with Crippen LogP contribution in [0, 0.1) is 0 Å². The molecule has 7 heteroatoms. The molecule has 0 unspecified atom stereocenters. The first-order valence-electron chi connectivity index (χ1n) is 7.51. The van der Waals surface area contributed by atoms with Crippen molar-refractivity contribution in [2.45, 2.75) is 32.9 Å². The second kappa shape index (κ2) is 8.84. The fourth-order valence-electron chi connectivity index (χ4n) is 2.26. The van der Waals surface area contributed by atoms with Gasteiger partial charge in [0.15, 0.2) is 0 Å². The van der Waals surface area contributed by atoms with Gasteiger partial charge in [0.25, 0.3) is 0 Å². The Hall–Kier alpha value is -1.34. The van der Waals surface area contributed by atoms with Gasteiger partial charge in [0.05, 0.1) is 12.6 Å². The first kappa shape index (κ1) is 17.7. The highest BCUT2D eigenvalue weighted by molar-refractivity contribution is 5.81. The summed E-state index contributed by atoms with van der Waals surface area (Å²) in [6.07, 6.45) is 0. The topological polar surface area (TPSA) is 73.9 Å². The molecule has 0 spiro atoms. The molecule has 1 aliphatic rings. The Morgan fingerprint density at radius 2 is 1.76 bits per heavy atom. The smallest absolute Gasteiger partial charge is 0.317 e. The summed E-state index contributed by atoms with van der Waals surface area (Å²) in [7, 11) is 1.61. The Morgan fingerprint density at radius 3 is 2.29 bits per heavy atom. The van der Waals surface area contributed by atoms with E-state index in [0.717, 1.165) is 0 Å². The molecule has 1 fully saturated rings. The minimum Gasteiger partial charge on any atom is -0.383 e. The third-order valence-corrected chi connectivity index (χ3v) is 3.54. The van der Waals surface area contributed by atoms with E-state index in [4.69, 9.17) is 4.74 Å². The quantitative estimate of drug-likeness (QED) is 0.670. The molecule has 3 amide bonds. The number of carbonyl (C=O) groups is 2. The molecule has 1 atom stereocenters. The zero-order valence-electron chi connectivity index (χ0n) is 13.5. The number of nitrogens with one attached hydrogen (secondary N) is 2. The molecule has 21 heavy (non-hydrogen) atoms. The fourth-order valence-corrected chi connectivity index (χ4v) is 2.26. The molecule has 122 valence electrons. The van der Waals surface area contributed by atoms with Gasteiger partial charge in [-0.1, -0.05) is 0 Å². The zero-order chi connectivity index (χ0) is 15.8. The number of ether oxygens (including phenoxy) is 1. The molecule has 1 saturated heterocycles. The second-order valence-electron chi connectivity index (χ2n) is 5.59. The van der Waals surface area contributed by atoms with Crippen LogP contribution in [0.5, 0.6) is 0 Å². The van der Waals surface area contributed by atoms with Gasteiger partial charge in [0.1, 0.15) is 0 Å². The largest absolute Gasteiger partial charge is 0.383 e. The molecule has 0 saturated carbocycles. The molecule has 0 aromatic heterocycles. The van der Waals surface area contributed by atoms with Gasteiger partial charge in [-0.15, -0.1) is 0 Å². The van der Waals surface area contributed by atoms with Crippen molar-refractivity contribution in [2.75, 3.05) is 46.4 Å². The maximum atomic E-state index is 12.0. The molecule has 0 aliphatic carbocycles. The average molecular weight is 300 g/mol. The Labute approximate surface area is 127 Å². The average Bonchev–Trinajstić information content (AvgIpc) is 2.46. The van der Waals surface area contributed by atoms with Crippen molar-refractivity contribution in [2.24, 2.45) is 0 Å². The minimum absolute atomic E-state index is 0.0444. The number of methoxy groups -OCH3 is 1. The highest BCUT2D eigenvalue weighted by atomic mass is 16.5. The van der Waals surface area contributed by atoms with Gasteiger partial charge in [-0.05, 0) is 20.8 Å². The van der Waals surface area contributed by atoms with Gasteiger partial charge < -0.3 is 20.3 Å². The molecule has 7 nitrogen and oxygen atoms in total. The molecule has 1 aliphatic heterocycles. The number of nitrogens with zero attached hydrogens (tertiary/aromatic N) is 2. The lowest BCUT2D eigenvalue weighted by atomic mass is 10.2. The molecular formula is C14H28N4O3. The van der Waals surface area contributed by atoms with E-state index >= 15 is 0 Å². The standard InChI is InChI=1S/C14H28N4O3/c1-11(2)16-13(19)12(3)17-6-8-18(9-7-17)14(20)15-5-10-21-4/h11-12H,5-10H2,1-4H3,(H,15,20)(H,16,19)/t12-/m1/s1. The summed E-state index contributed by atoms with van der Waals surface area (Å²) in [5, 5.41) is 5.73. The van der Waals surface area contributed by atoms with Crippen LogP contribution in [-0.4, -0.2) is 80.3 Å². The van der Waals surface area contributed by atoms with E-state index < -0.39 is 0 Å². The number of hydrogen-bond acceptors (Lipinski definition) is 4. The van der Waals surface area contributed by atoms with Gasteiger partial charge in [-0.25, -0.2) is 4.79 Å². The van der Waals surface area contributed by atoms with E-state index in [9.17, 15) is 9.59 Å². The van der Waals surface area contributed by atoms with Crippen LogP contribution in [0.3, 0.4) is 0 Å². The highest BCUT2D eigenvalue weighted by Crippen LogP contribution is 2.07. The van der Waals surface area contributed by atoms with E-state index in [1.54, 1.807) is 12.0 Å². The van der Waals surface area contributed by atoms with Gasteiger partial charge in [-0.3, -0.25) is 9.69 Å². The van der Waals surface area contributed by atoms with Gasteiger partial charge in [-0.2, -0.15) is 0 Å². The lowest BCUT2D eigenvalue weighted by Crippen LogP contribution is -2.57. The van der Waals surface area contributed by atoms with Gasteiger partial charge in [0, 0.05) is 45.9 Å². The lowest BCUT2D eigenvalue weighted by molar-refractivity contribution is -0.126. The van der Waals surface area contributed by atoms with E-state index in [2.05, 4.69) is 15.5 Å². The van der Waals surface area contributed by atoms with Crippen LogP contribution in [0.4, 0.5) is 4.79 Å². The summed E-state index contributed by atoms with van der Waals surface area (Å²) >= 11 is 0. The third kappa shape index (κ3) is 5.89. The Bertz CT molecular complexity index is 341. The number of urea groups is 1. The van der Waals surface area contributed by atoms with E-state index in [-0.39, 0.29) is 24.0 Å². The molecule has 0 bridgehead atoms. The summed E-state index contributed by atoms with van der Waals surface area (Å²) in [5.41, 5.74) is 0. The van der Waals surface area contributed by atoms with Crippen LogP contribution in [0.25, 0.3) is 0 Å². The van der Waals surface area contributed by atoms with Crippen LogP contribution < -0.4 is 10.6 Å². The lowest BCUT2D eigenvalue weighted by Gasteiger charge is -2.37. The Kier molecular flexibility index (Phi) is 7.45. The molecule has 0 aromatic rings. The van der Waals surface area contributed by atoms with Crippen LogP contribution >= 0.6 is 0 Å². The normalized spacial score (nSPS) is 17.7. The monoisotopic (exact) mass is 300 g/mol. The van der Waals surface area contributed by atoms with Crippen molar-refractivity contribution in [3.8, 4) is 0 Å². The SMILES string of the molecule is COCCNC(=O)N1CCN([C@H](C)C(=O)NC(C)C)CC1. The van der Waals surface area contributed by atoms with Crippen LogP contribution in [0.15, 0.2) is 0 Å². The van der Waals surface area contributed by atoms with Gasteiger partial charge in [0.2, 0.25) is 5.91 Å². The first-order valence-corrected chi connectivity index (χ1v) is 7.51. The number of hydrogen-bond donors (Lipinski definition) is 2. The molecule has 2 N–H and O–H groups in total.